The van der Waals surface area contributed by atoms with Gasteiger partial charge in [-0.25, -0.2) is 4.98 Å². The predicted molar refractivity (Wildman–Crippen MR) is 56.8 cm³/mol. The zero-order valence-electron chi connectivity index (χ0n) is 8.04. The molecule has 0 radical (unpaired) electrons. The van der Waals surface area contributed by atoms with E-state index >= 15 is 0 Å². The molecule has 1 aromatic heterocycles. The van der Waals surface area contributed by atoms with Gasteiger partial charge in [0.1, 0.15) is 22.9 Å². The van der Waals surface area contributed by atoms with E-state index in [4.69, 9.17) is 17.0 Å². The van der Waals surface area contributed by atoms with Crippen LogP contribution in [0.25, 0.3) is 0 Å². The van der Waals surface area contributed by atoms with Gasteiger partial charge in [-0.2, -0.15) is 0 Å². The Labute approximate surface area is 87.7 Å². The minimum atomic E-state index is 0.462. The summed E-state index contributed by atoms with van der Waals surface area (Å²) in [5, 5.41) is 3.34. The third kappa shape index (κ3) is 2.52. The SMILES string of the molecule is COCc1nc(=S)cc(NC2CC2)[nH]1. The highest BCUT2D eigenvalue weighted by Crippen LogP contribution is 2.23. The maximum Gasteiger partial charge on any atom is 0.135 e. The number of nitrogens with one attached hydrogen (secondary N) is 2. The minimum Gasteiger partial charge on any atom is -0.377 e. The van der Waals surface area contributed by atoms with E-state index in [-0.39, 0.29) is 0 Å². The molecule has 76 valence electrons. The van der Waals surface area contributed by atoms with Gasteiger partial charge in [0.25, 0.3) is 0 Å². The Bertz CT molecular complexity index is 373. The summed E-state index contributed by atoms with van der Waals surface area (Å²) in [5.74, 6) is 1.71. The van der Waals surface area contributed by atoms with E-state index in [1.54, 1.807) is 7.11 Å². The number of H-pyrrole nitrogens is 1. The standard InChI is InChI=1S/C9H13N3OS/c1-13-5-8-11-7(4-9(14)12-8)10-6-2-3-6/h4,6H,2-3,5H2,1H3,(H2,10,11,12,14). The van der Waals surface area contributed by atoms with Crippen molar-refractivity contribution in [1.82, 2.24) is 9.97 Å². The van der Waals surface area contributed by atoms with Gasteiger partial charge in [0.2, 0.25) is 0 Å². The van der Waals surface area contributed by atoms with Crippen LogP contribution >= 0.6 is 12.2 Å². The van der Waals surface area contributed by atoms with Crippen molar-refractivity contribution in [3.8, 4) is 0 Å². The first-order valence-corrected chi connectivity index (χ1v) is 5.04. The maximum absolute atomic E-state index is 5.05. The monoisotopic (exact) mass is 211 g/mol. The average Bonchev–Trinajstić information content (AvgIpc) is 2.87. The van der Waals surface area contributed by atoms with Gasteiger partial charge in [0, 0.05) is 19.2 Å². The molecule has 0 aromatic carbocycles. The van der Waals surface area contributed by atoms with Crippen LogP contribution in [0.1, 0.15) is 18.7 Å². The van der Waals surface area contributed by atoms with E-state index in [0.717, 1.165) is 11.6 Å². The molecule has 1 heterocycles. The third-order valence-corrected chi connectivity index (χ3v) is 2.22. The van der Waals surface area contributed by atoms with E-state index in [0.29, 0.717) is 17.3 Å². The molecule has 14 heavy (non-hydrogen) atoms. The fourth-order valence-electron chi connectivity index (χ4n) is 1.24. The number of aromatic nitrogens is 2. The molecule has 0 atom stereocenters. The lowest BCUT2D eigenvalue weighted by molar-refractivity contribution is 0.178. The Morgan fingerprint density at radius 1 is 1.71 bits per heavy atom. The number of methoxy groups -OCH3 is 1. The first kappa shape index (κ1) is 9.61. The summed E-state index contributed by atoms with van der Waals surface area (Å²) in [5.41, 5.74) is 0. The zero-order valence-corrected chi connectivity index (χ0v) is 8.86. The second kappa shape index (κ2) is 4.06. The number of hydrogen-bond donors (Lipinski definition) is 2. The first-order chi connectivity index (χ1) is 6.78. The summed E-state index contributed by atoms with van der Waals surface area (Å²) < 4.78 is 5.59. The molecule has 0 amide bonds. The van der Waals surface area contributed by atoms with Gasteiger partial charge in [-0.15, -0.1) is 0 Å². The Balaban J connectivity index is 2.16. The zero-order chi connectivity index (χ0) is 9.97. The van der Waals surface area contributed by atoms with Crippen LogP contribution in [0.15, 0.2) is 6.07 Å². The van der Waals surface area contributed by atoms with E-state index < -0.39 is 0 Å². The Hall–Kier alpha value is -0.940. The molecule has 4 nitrogen and oxygen atoms in total. The molecule has 1 aliphatic rings. The van der Waals surface area contributed by atoms with Gasteiger partial charge in [0.05, 0.1) is 0 Å². The Morgan fingerprint density at radius 3 is 3.14 bits per heavy atom. The van der Waals surface area contributed by atoms with Crippen molar-refractivity contribution in [3.05, 3.63) is 16.5 Å². The highest BCUT2D eigenvalue weighted by Gasteiger charge is 2.21. The molecule has 2 N–H and O–H groups in total. The van der Waals surface area contributed by atoms with E-state index in [1.165, 1.54) is 12.8 Å². The van der Waals surface area contributed by atoms with Crippen molar-refractivity contribution in [2.75, 3.05) is 12.4 Å². The van der Waals surface area contributed by atoms with Crippen LogP contribution in [0.5, 0.6) is 0 Å². The van der Waals surface area contributed by atoms with Crippen LogP contribution in [0, 0.1) is 4.64 Å². The number of aromatic amines is 1. The number of anilines is 1. The second-order valence-electron chi connectivity index (χ2n) is 3.43. The lowest BCUT2D eigenvalue weighted by Crippen LogP contribution is -2.06. The smallest absolute Gasteiger partial charge is 0.135 e. The number of nitrogens with zero attached hydrogens (tertiary/aromatic N) is 1. The first-order valence-electron chi connectivity index (χ1n) is 4.63. The fourth-order valence-corrected chi connectivity index (χ4v) is 1.47. The van der Waals surface area contributed by atoms with E-state index in [9.17, 15) is 0 Å². The molecule has 1 aromatic rings. The van der Waals surface area contributed by atoms with Gasteiger partial charge in [-0.3, -0.25) is 0 Å². The summed E-state index contributed by atoms with van der Waals surface area (Å²) >= 11 is 5.05. The van der Waals surface area contributed by atoms with Crippen molar-refractivity contribution < 1.29 is 4.74 Å². The number of hydrogen-bond acceptors (Lipinski definition) is 4. The number of ether oxygens (including phenoxy) is 1. The molecule has 0 aliphatic heterocycles. The molecule has 0 unspecified atom stereocenters. The molecule has 0 bridgehead atoms. The van der Waals surface area contributed by atoms with Crippen LogP contribution in [-0.4, -0.2) is 23.1 Å². The minimum absolute atomic E-state index is 0.462. The third-order valence-electron chi connectivity index (χ3n) is 2.01. The highest BCUT2D eigenvalue weighted by atomic mass is 32.1. The largest absolute Gasteiger partial charge is 0.377 e. The van der Waals surface area contributed by atoms with Crippen LogP contribution < -0.4 is 5.32 Å². The van der Waals surface area contributed by atoms with Crippen LogP contribution in [-0.2, 0) is 11.3 Å². The quantitative estimate of drug-likeness (QED) is 0.746. The molecular weight excluding hydrogens is 198 g/mol. The van der Waals surface area contributed by atoms with Gasteiger partial charge in [0.15, 0.2) is 0 Å². The summed E-state index contributed by atoms with van der Waals surface area (Å²) in [6.45, 7) is 0.462. The van der Waals surface area contributed by atoms with Crippen molar-refractivity contribution in [2.24, 2.45) is 0 Å². The lowest BCUT2D eigenvalue weighted by atomic mass is 10.5. The molecule has 2 rings (SSSR count). The fraction of sp³-hybridized carbons (Fsp3) is 0.556. The highest BCUT2D eigenvalue weighted by molar-refractivity contribution is 7.71. The molecule has 0 spiro atoms. The second-order valence-corrected chi connectivity index (χ2v) is 3.85. The van der Waals surface area contributed by atoms with E-state index in [1.807, 2.05) is 6.07 Å². The Morgan fingerprint density at radius 2 is 2.50 bits per heavy atom. The molecule has 5 heteroatoms. The summed E-state index contributed by atoms with van der Waals surface area (Å²) in [4.78, 5) is 7.29. The van der Waals surface area contributed by atoms with Gasteiger partial charge >= 0.3 is 0 Å². The lowest BCUT2D eigenvalue weighted by Gasteiger charge is -2.06. The van der Waals surface area contributed by atoms with Crippen molar-refractivity contribution in [1.29, 1.82) is 0 Å². The molecule has 1 fully saturated rings. The van der Waals surface area contributed by atoms with Crippen molar-refractivity contribution >= 4 is 18.0 Å². The van der Waals surface area contributed by atoms with Crippen molar-refractivity contribution in [2.45, 2.75) is 25.5 Å². The average molecular weight is 211 g/mol. The van der Waals surface area contributed by atoms with E-state index in [2.05, 4.69) is 15.3 Å². The summed E-state index contributed by atoms with van der Waals surface area (Å²) in [6, 6.07) is 2.45. The molecular formula is C9H13N3OS. The van der Waals surface area contributed by atoms with Crippen LogP contribution in [0.2, 0.25) is 0 Å². The maximum atomic E-state index is 5.05. The molecule has 1 saturated carbocycles. The van der Waals surface area contributed by atoms with Gasteiger partial charge in [-0.1, -0.05) is 12.2 Å². The van der Waals surface area contributed by atoms with Gasteiger partial charge < -0.3 is 15.0 Å². The Kier molecular flexibility index (Phi) is 2.79. The normalized spacial score (nSPS) is 15.5. The van der Waals surface area contributed by atoms with Crippen LogP contribution in [0.3, 0.4) is 0 Å². The predicted octanol–water partition coefficient (Wildman–Crippen LogP) is 1.86. The molecule has 0 saturated heterocycles. The molecule has 1 aliphatic carbocycles. The summed E-state index contributed by atoms with van der Waals surface area (Å²) in [6.07, 6.45) is 2.48. The summed E-state index contributed by atoms with van der Waals surface area (Å²) in [7, 11) is 1.64. The number of rotatable bonds is 4. The van der Waals surface area contributed by atoms with Crippen LogP contribution in [0.4, 0.5) is 5.82 Å². The van der Waals surface area contributed by atoms with Crippen molar-refractivity contribution in [3.63, 3.8) is 0 Å². The van der Waals surface area contributed by atoms with Gasteiger partial charge in [-0.05, 0) is 12.8 Å². The topological polar surface area (TPSA) is 49.9 Å².